The Morgan fingerprint density at radius 3 is 2.55 bits per heavy atom. The van der Waals surface area contributed by atoms with E-state index in [4.69, 9.17) is 12.2 Å². The number of imidazole rings is 1. The van der Waals surface area contributed by atoms with Crippen molar-refractivity contribution >= 4 is 28.9 Å². The van der Waals surface area contributed by atoms with Crippen molar-refractivity contribution in [1.82, 2.24) is 9.55 Å². The second-order valence-electron chi connectivity index (χ2n) is 4.20. The zero-order valence-corrected chi connectivity index (χ0v) is 10.9. The molecule has 7 heteroatoms. The van der Waals surface area contributed by atoms with Gasteiger partial charge >= 0.3 is 0 Å². The highest BCUT2D eigenvalue weighted by Crippen LogP contribution is 2.23. The Morgan fingerprint density at radius 1 is 1.20 bits per heavy atom. The Morgan fingerprint density at radius 2 is 1.90 bits per heavy atom. The highest BCUT2D eigenvalue weighted by atomic mass is 32.1. The fourth-order valence-corrected chi connectivity index (χ4v) is 2.37. The molecule has 0 saturated heterocycles. The monoisotopic (exact) mass is 289 g/mol. The van der Waals surface area contributed by atoms with Gasteiger partial charge in [-0.15, -0.1) is 0 Å². The Hall–Kier alpha value is -2.54. The van der Waals surface area contributed by atoms with Crippen LogP contribution in [0.15, 0.2) is 42.5 Å². The summed E-state index contributed by atoms with van der Waals surface area (Å²) in [4.78, 5) is 13.2. The Kier molecular flexibility index (Phi) is 2.83. The Labute approximate surface area is 117 Å². The number of H-pyrrole nitrogens is 1. The van der Waals surface area contributed by atoms with Crippen LogP contribution in [0.4, 0.5) is 10.1 Å². The highest BCUT2D eigenvalue weighted by Gasteiger charge is 2.11. The van der Waals surface area contributed by atoms with E-state index in [1.807, 2.05) is 0 Å². The number of hydrogen-bond acceptors (Lipinski definition) is 3. The molecule has 0 fully saturated rings. The van der Waals surface area contributed by atoms with E-state index in [2.05, 4.69) is 4.98 Å². The molecule has 0 saturated carbocycles. The fraction of sp³-hybridized carbons (Fsp3) is 0. The van der Waals surface area contributed by atoms with E-state index in [0.29, 0.717) is 21.5 Å². The topological polar surface area (TPSA) is 63.9 Å². The van der Waals surface area contributed by atoms with Gasteiger partial charge in [0, 0.05) is 17.8 Å². The van der Waals surface area contributed by atoms with E-state index in [9.17, 15) is 14.5 Å². The second kappa shape index (κ2) is 4.53. The number of nitro groups is 1. The number of nitro benzene ring substituents is 1. The van der Waals surface area contributed by atoms with E-state index in [0.717, 1.165) is 0 Å². The summed E-state index contributed by atoms with van der Waals surface area (Å²) in [6.45, 7) is 0. The molecule has 2 aromatic carbocycles. The standard InChI is InChI=1S/C13H8FN3O2S/c14-8-1-3-9(4-2-8)16-12-6-5-10(17(18)19)7-11(12)15-13(16)20/h1-7H,(H,15,20). The SMILES string of the molecule is O=[N+]([O-])c1ccc2c(c1)[nH]c(=S)n2-c1ccc(F)cc1. The molecule has 0 radical (unpaired) electrons. The van der Waals surface area contributed by atoms with Crippen molar-refractivity contribution in [2.45, 2.75) is 0 Å². The average Bonchev–Trinajstić information content (AvgIpc) is 2.74. The molecule has 100 valence electrons. The number of halogens is 1. The van der Waals surface area contributed by atoms with Gasteiger partial charge in [0.15, 0.2) is 4.77 Å². The van der Waals surface area contributed by atoms with E-state index < -0.39 is 4.92 Å². The number of aromatic amines is 1. The Balaban J connectivity index is 2.26. The minimum absolute atomic E-state index is 0.0139. The van der Waals surface area contributed by atoms with Gasteiger partial charge < -0.3 is 4.98 Å². The predicted octanol–water partition coefficient (Wildman–Crippen LogP) is 3.74. The zero-order valence-electron chi connectivity index (χ0n) is 10.0. The molecule has 3 aromatic rings. The van der Waals surface area contributed by atoms with Crippen LogP contribution in [-0.4, -0.2) is 14.5 Å². The number of aromatic nitrogens is 2. The van der Waals surface area contributed by atoms with Gasteiger partial charge in [0.25, 0.3) is 5.69 Å². The van der Waals surface area contributed by atoms with Gasteiger partial charge in [0.2, 0.25) is 0 Å². The van der Waals surface area contributed by atoms with Crippen LogP contribution in [0.2, 0.25) is 0 Å². The van der Waals surface area contributed by atoms with E-state index in [1.54, 1.807) is 22.8 Å². The van der Waals surface area contributed by atoms with Crippen LogP contribution in [0.3, 0.4) is 0 Å². The summed E-state index contributed by atoms with van der Waals surface area (Å²) >= 11 is 5.22. The second-order valence-corrected chi connectivity index (χ2v) is 4.59. The summed E-state index contributed by atoms with van der Waals surface area (Å²) in [6, 6.07) is 10.3. The summed E-state index contributed by atoms with van der Waals surface area (Å²) in [5, 5.41) is 10.8. The number of nitrogens with zero attached hydrogens (tertiary/aromatic N) is 2. The third kappa shape index (κ3) is 1.97. The number of rotatable bonds is 2. The lowest BCUT2D eigenvalue weighted by molar-refractivity contribution is -0.384. The van der Waals surface area contributed by atoms with E-state index in [-0.39, 0.29) is 11.5 Å². The number of non-ortho nitro benzene ring substituents is 1. The maximum atomic E-state index is 13.0. The quantitative estimate of drug-likeness (QED) is 0.444. The number of nitrogens with one attached hydrogen (secondary N) is 1. The first kappa shape index (κ1) is 12.5. The molecule has 0 aliphatic rings. The van der Waals surface area contributed by atoms with E-state index >= 15 is 0 Å². The third-order valence-corrected chi connectivity index (χ3v) is 3.25. The van der Waals surface area contributed by atoms with E-state index in [1.165, 1.54) is 24.3 Å². The largest absolute Gasteiger partial charge is 0.330 e. The summed E-state index contributed by atoms with van der Waals surface area (Å²) in [5.41, 5.74) is 1.94. The van der Waals surface area contributed by atoms with Crippen molar-refractivity contribution in [2.75, 3.05) is 0 Å². The van der Waals surface area contributed by atoms with Crippen LogP contribution < -0.4 is 0 Å². The zero-order chi connectivity index (χ0) is 14.3. The predicted molar refractivity (Wildman–Crippen MR) is 75.1 cm³/mol. The van der Waals surface area contributed by atoms with Crippen molar-refractivity contribution < 1.29 is 9.31 Å². The Bertz CT molecular complexity index is 867. The molecular formula is C13H8FN3O2S. The maximum absolute atomic E-state index is 13.0. The van der Waals surface area contributed by atoms with Crippen LogP contribution in [-0.2, 0) is 0 Å². The maximum Gasteiger partial charge on any atom is 0.271 e. The van der Waals surface area contributed by atoms with Gasteiger partial charge in [-0.3, -0.25) is 14.7 Å². The van der Waals surface area contributed by atoms with Crippen LogP contribution in [0.5, 0.6) is 0 Å². The van der Waals surface area contributed by atoms with Gasteiger partial charge in [-0.05, 0) is 42.5 Å². The van der Waals surface area contributed by atoms with Crippen LogP contribution in [0, 0.1) is 20.7 Å². The molecule has 5 nitrogen and oxygen atoms in total. The lowest BCUT2D eigenvalue weighted by Gasteiger charge is -2.04. The lowest BCUT2D eigenvalue weighted by atomic mass is 10.2. The summed E-state index contributed by atoms with van der Waals surface area (Å²) in [7, 11) is 0. The van der Waals surface area contributed by atoms with Crippen molar-refractivity contribution in [1.29, 1.82) is 0 Å². The molecule has 1 heterocycles. The molecule has 1 aromatic heterocycles. The summed E-state index contributed by atoms with van der Waals surface area (Å²) < 4.78 is 15.1. The fourth-order valence-electron chi connectivity index (χ4n) is 2.06. The van der Waals surface area contributed by atoms with Crippen molar-refractivity contribution in [3.8, 4) is 5.69 Å². The molecule has 0 unspecified atom stereocenters. The van der Waals surface area contributed by atoms with Crippen molar-refractivity contribution in [3.63, 3.8) is 0 Å². The highest BCUT2D eigenvalue weighted by molar-refractivity contribution is 7.71. The third-order valence-electron chi connectivity index (χ3n) is 2.96. The van der Waals surface area contributed by atoms with Crippen LogP contribution in [0.1, 0.15) is 0 Å². The molecule has 3 rings (SSSR count). The minimum atomic E-state index is -0.467. The number of benzene rings is 2. The van der Waals surface area contributed by atoms with Crippen LogP contribution >= 0.6 is 12.2 Å². The van der Waals surface area contributed by atoms with Gasteiger partial charge in [0.05, 0.1) is 16.0 Å². The molecule has 20 heavy (non-hydrogen) atoms. The molecule has 0 spiro atoms. The van der Waals surface area contributed by atoms with Crippen LogP contribution in [0.25, 0.3) is 16.7 Å². The van der Waals surface area contributed by atoms with Gasteiger partial charge in [-0.2, -0.15) is 0 Å². The molecule has 0 aliphatic heterocycles. The normalized spacial score (nSPS) is 10.8. The summed E-state index contributed by atoms with van der Waals surface area (Å²) in [6.07, 6.45) is 0. The first-order valence-corrected chi connectivity index (χ1v) is 6.12. The summed E-state index contributed by atoms with van der Waals surface area (Å²) in [5.74, 6) is -0.337. The molecule has 0 atom stereocenters. The number of hydrogen-bond donors (Lipinski definition) is 1. The van der Waals surface area contributed by atoms with Crippen molar-refractivity contribution in [2.24, 2.45) is 0 Å². The molecular weight excluding hydrogens is 281 g/mol. The van der Waals surface area contributed by atoms with Gasteiger partial charge in [-0.1, -0.05) is 0 Å². The first-order valence-electron chi connectivity index (χ1n) is 5.71. The molecule has 0 amide bonds. The molecule has 0 bridgehead atoms. The van der Waals surface area contributed by atoms with Gasteiger partial charge in [-0.25, -0.2) is 4.39 Å². The number of fused-ring (bicyclic) bond motifs is 1. The smallest absolute Gasteiger partial charge is 0.271 e. The first-order chi connectivity index (χ1) is 9.56. The molecule has 1 N–H and O–H groups in total. The van der Waals surface area contributed by atoms with Gasteiger partial charge in [0.1, 0.15) is 5.82 Å². The molecule has 0 aliphatic carbocycles. The lowest BCUT2D eigenvalue weighted by Crippen LogP contribution is -1.94. The minimum Gasteiger partial charge on any atom is -0.330 e. The van der Waals surface area contributed by atoms with Crippen molar-refractivity contribution in [3.05, 3.63) is 63.2 Å². The average molecular weight is 289 g/mol.